The molecule has 0 saturated carbocycles. The van der Waals surface area contributed by atoms with Crippen LogP contribution in [0.3, 0.4) is 0 Å². The van der Waals surface area contributed by atoms with Gasteiger partial charge in [-0.1, -0.05) is 25.1 Å². The number of carbonyl (C=O) groups excluding carboxylic acids is 2. The number of nitrogens with one attached hydrogen (secondary N) is 1. The fourth-order valence-corrected chi connectivity index (χ4v) is 5.74. The minimum atomic E-state index is -3.68. The number of sulfonamides is 1. The van der Waals surface area contributed by atoms with Crippen LogP contribution >= 0.6 is 0 Å². The Kier molecular flexibility index (Phi) is 8.45. The number of hydrogen-bond donors (Lipinski definition) is 1. The zero-order valence-electron chi connectivity index (χ0n) is 18.3. The Labute approximate surface area is 185 Å². The van der Waals surface area contributed by atoms with Crippen molar-refractivity contribution in [3.8, 4) is 0 Å². The predicted molar refractivity (Wildman–Crippen MR) is 119 cm³/mol. The molecule has 2 aliphatic rings. The van der Waals surface area contributed by atoms with Crippen molar-refractivity contribution in [3.05, 3.63) is 30.3 Å². The molecule has 2 heterocycles. The maximum absolute atomic E-state index is 13.1. The summed E-state index contributed by atoms with van der Waals surface area (Å²) in [6.45, 7) is 7.22. The first kappa shape index (κ1) is 23.7. The van der Waals surface area contributed by atoms with E-state index >= 15 is 0 Å². The fourth-order valence-electron chi connectivity index (χ4n) is 4.24. The average Bonchev–Trinajstić information content (AvgIpc) is 2.84. The highest BCUT2D eigenvalue weighted by atomic mass is 32.2. The summed E-state index contributed by atoms with van der Waals surface area (Å²) in [5.74, 6) is -0.257. The summed E-state index contributed by atoms with van der Waals surface area (Å²) in [7, 11) is -3.68. The van der Waals surface area contributed by atoms with E-state index in [2.05, 4.69) is 17.1 Å². The summed E-state index contributed by atoms with van der Waals surface area (Å²) < 4.78 is 27.5. The Morgan fingerprint density at radius 3 is 2.42 bits per heavy atom. The maximum atomic E-state index is 13.1. The highest BCUT2D eigenvalue weighted by Crippen LogP contribution is 2.21. The van der Waals surface area contributed by atoms with E-state index in [1.165, 1.54) is 4.31 Å². The smallest absolute Gasteiger partial charge is 0.243 e. The minimum Gasteiger partial charge on any atom is -0.356 e. The zero-order chi connectivity index (χ0) is 22.3. The van der Waals surface area contributed by atoms with Gasteiger partial charge in [-0.05, 0) is 37.9 Å². The van der Waals surface area contributed by atoms with Gasteiger partial charge in [-0.25, -0.2) is 8.42 Å². The van der Waals surface area contributed by atoms with Gasteiger partial charge in [-0.15, -0.1) is 0 Å². The van der Waals surface area contributed by atoms with Crippen LogP contribution in [0.15, 0.2) is 35.2 Å². The molecule has 31 heavy (non-hydrogen) atoms. The monoisotopic (exact) mass is 450 g/mol. The quantitative estimate of drug-likeness (QED) is 0.743. The number of likely N-dealkylation sites (N-methyl/N-ethyl adjacent to an activating group) is 1. The lowest BCUT2D eigenvalue weighted by atomic mass is 9.97. The predicted octanol–water partition coefficient (Wildman–Crippen LogP) is 1.15. The molecule has 1 aromatic carbocycles. The van der Waals surface area contributed by atoms with Gasteiger partial charge < -0.3 is 15.1 Å². The second-order valence-electron chi connectivity index (χ2n) is 8.20. The third kappa shape index (κ3) is 6.27. The van der Waals surface area contributed by atoms with E-state index in [4.69, 9.17) is 0 Å². The SMILES string of the molecule is CCN1CCN(C(=O)C2CCCN(S(=O)(=O)c3ccccc3)CCC(=O)NCC2)CC1. The number of hydrogen-bond acceptors (Lipinski definition) is 5. The second kappa shape index (κ2) is 11.1. The lowest BCUT2D eigenvalue weighted by Gasteiger charge is -2.36. The van der Waals surface area contributed by atoms with Crippen LogP contribution in [0.25, 0.3) is 0 Å². The third-order valence-corrected chi connectivity index (χ3v) is 8.14. The van der Waals surface area contributed by atoms with Crippen molar-refractivity contribution in [3.63, 3.8) is 0 Å². The molecule has 1 aromatic rings. The van der Waals surface area contributed by atoms with Crippen LogP contribution < -0.4 is 5.32 Å². The lowest BCUT2D eigenvalue weighted by Crippen LogP contribution is -2.50. The molecule has 0 radical (unpaired) electrons. The van der Waals surface area contributed by atoms with Crippen LogP contribution in [0.2, 0.25) is 0 Å². The first-order valence-electron chi connectivity index (χ1n) is 11.2. The molecule has 1 atom stereocenters. The molecule has 0 aromatic heterocycles. The van der Waals surface area contributed by atoms with Gasteiger partial charge in [0, 0.05) is 58.2 Å². The van der Waals surface area contributed by atoms with Crippen molar-refractivity contribution in [2.75, 3.05) is 52.4 Å². The van der Waals surface area contributed by atoms with Crippen LogP contribution in [0.5, 0.6) is 0 Å². The van der Waals surface area contributed by atoms with Crippen LogP contribution in [0, 0.1) is 5.92 Å². The number of amides is 2. The van der Waals surface area contributed by atoms with Crippen molar-refractivity contribution in [2.24, 2.45) is 5.92 Å². The van der Waals surface area contributed by atoms with Gasteiger partial charge >= 0.3 is 0 Å². The van der Waals surface area contributed by atoms with Crippen molar-refractivity contribution >= 4 is 21.8 Å². The minimum absolute atomic E-state index is 0.115. The Morgan fingerprint density at radius 1 is 1.03 bits per heavy atom. The summed E-state index contributed by atoms with van der Waals surface area (Å²) in [4.78, 5) is 29.9. The molecule has 3 rings (SSSR count). The van der Waals surface area contributed by atoms with Gasteiger partial charge in [0.05, 0.1) is 4.90 Å². The van der Waals surface area contributed by atoms with Crippen LogP contribution in [-0.4, -0.2) is 86.7 Å². The Morgan fingerprint density at radius 2 is 1.74 bits per heavy atom. The molecule has 0 bridgehead atoms. The first-order chi connectivity index (χ1) is 14.9. The molecule has 2 fully saturated rings. The standard InChI is InChI=1S/C22H34N4O4S/c1-2-24-15-17-25(18-16-24)22(28)19-7-6-13-26(14-11-21(27)23-12-10-19)31(29,30)20-8-4-3-5-9-20/h3-5,8-9,19H,2,6-7,10-18H2,1H3,(H,23,27). The van der Waals surface area contributed by atoms with Crippen molar-refractivity contribution < 1.29 is 18.0 Å². The third-order valence-electron chi connectivity index (χ3n) is 6.22. The Balaban J connectivity index is 1.68. The molecule has 2 aliphatic heterocycles. The number of piperazine rings is 1. The van der Waals surface area contributed by atoms with E-state index < -0.39 is 10.0 Å². The van der Waals surface area contributed by atoms with Crippen molar-refractivity contribution in [1.82, 2.24) is 19.4 Å². The van der Waals surface area contributed by atoms with Gasteiger partial charge in [0.25, 0.3) is 0 Å². The summed E-state index contributed by atoms with van der Waals surface area (Å²) in [6.07, 6.45) is 1.91. The maximum Gasteiger partial charge on any atom is 0.243 e. The van der Waals surface area contributed by atoms with Crippen LogP contribution in [0.1, 0.15) is 32.6 Å². The number of carbonyl (C=O) groups is 2. The second-order valence-corrected chi connectivity index (χ2v) is 10.1. The molecular weight excluding hydrogens is 416 g/mol. The van der Waals surface area contributed by atoms with Crippen LogP contribution in [0.4, 0.5) is 0 Å². The normalized spacial score (nSPS) is 23.1. The number of nitrogens with zero attached hydrogens (tertiary/aromatic N) is 3. The average molecular weight is 451 g/mol. The highest BCUT2D eigenvalue weighted by molar-refractivity contribution is 7.89. The fraction of sp³-hybridized carbons (Fsp3) is 0.636. The summed E-state index contributed by atoms with van der Waals surface area (Å²) in [6, 6.07) is 8.30. The molecule has 8 nitrogen and oxygen atoms in total. The Bertz CT molecular complexity index is 838. The molecule has 9 heteroatoms. The van der Waals surface area contributed by atoms with Gasteiger partial charge in [0.15, 0.2) is 0 Å². The van der Waals surface area contributed by atoms with Gasteiger partial charge in [-0.2, -0.15) is 4.31 Å². The molecule has 0 aliphatic carbocycles. The molecule has 1 unspecified atom stereocenters. The lowest BCUT2D eigenvalue weighted by molar-refractivity contribution is -0.138. The highest BCUT2D eigenvalue weighted by Gasteiger charge is 2.29. The van der Waals surface area contributed by atoms with Gasteiger partial charge in [-0.3, -0.25) is 9.59 Å². The van der Waals surface area contributed by atoms with E-state index in [-0.39, 0.29) is 35.6 Å². The molecule has 2 amide bonds. The number of rotatable bonds is 4. The van der Waals surface area contributed by atoms with E-state index in [1.54, 1.807) is 30.3 Å². The van der Waals surface area contributed by atoms with Crippen molar-refractivity contribution in [1.29, 1.82) is 0 Å². The van der Waals surface area contributed by atoms with E-state index in [1.807, 2.05) is 4.90 Å². The number of benzene rings is 1. The largest absolute Gasteiger partial charge is 0.356 e. The van der Waals surface area contributed by atoms with E-state index in [0.29, 0.717) is 32.4 Å². The van der Waals surface area contributed by atoms with E-state index in [9.17, 15) is 18.0 Å². The molecule has 0 spiro atoms. The molecular formula is C22H34N4O4S. The Hall–Kier alpha value is -1.97. The molecule has 2 saturated heterocycles. The molecule has 172 valence electrons. The van der Waals surface area contributed by atoms with Crippen molar-refractivity contribution in [2.45, 2.75) is 37.5 Å². The summed E-state index contributed by atoms with van der Waals surface area (Å²) in [5, 5.41) is 2.86. The topological polar surface area (TPSA) is 90.0 Å². The molecule has 1 N–H and O–H groups in total. The van der Waals surface area contributed by atoms with Gasteiger partial charge in [0.2, 0.25) is 21.8 Å². The van der Waals surface area contributed by atoms with Crippen LogP contribution in [-0.2, 0) is 19.6 Å². The summed E-state index contributed by atoms with van der Waals surface area (Å²) in [5.41, 5.74) is 0. The van der Waals surface area contributed by atoms with E-state index in [0.717, 1.165) is 32.7 Å². The van der Waals surface area contributed by atoms with Gasteiger partial charge in [0.1, 0.15) is 0 Å². The first-order valence-corrected chi connectivity index (χ1v) is 12.7. The zero-order valence-corrected chi connectivity index (χ0v) is 19.1. The summed E-state index contributed by atoms with van der Waals surface area (Å²) >= 11 is 0.